The highest BCUT2D eigenvalue weighted by molar-refractivity contribution is 5.65. The number of anilines is 1. The molecule has 2 heteroatoms. The van der Waals surface area contributed by atoms with Gasteiger partial charge in [-0.25, -0.2) is 4.39 Å². The van der Waals surface area contributed by atoms with Crippen molar-refractivity contribution >= 4 is 5.69 Å². The minimum Gasteiger partial charge on any atom is -0.377 e. The van der Waals surface area contributed by atoms with Crippen molar-refractivity contribution in [3.05, 3.63) is 76.6 Å². The molecule has 0 fully saturated rings. The summed E-state index contributed by atoms with van der Waals surface area (Å²) in [5, 5.41) is 3.75. The fourth-order valence-electron chi connectivity index (χ4n) is 3.92. The largest absolute Gasteiger partial charge is 0.377 e. The maximum Gasteiger partial charge on any atom is 0.123 e. The van der Waals surface area contributed by atoms with Crippen molar-refractivity contribution in [1.29, 1.82) is 0 Å². The van der Waals surface area contributed by atoms with E-state index in [1.54, 1.807) is 12.1 Å². The van der Waals surface area contributed by atoms with Crippen molar-refractivity contribution in [3.8, 4) is 0 Å². The van der Waals surface area contributed by atoms with Crippen LogP contribution in [0.5, 0.6) is 0 Å². The number of benzene rings is 2. The Kier molecular flexibility index (Phi) is 3.07. The maximum absolute atomic E-state index is 13.2. The lowest BCUT2D eigenvalue weighted by molar-refractivity contribution is 0.424. The molecule has 112 valence electrons. The molecule has 1 aliphatic heterocycles. The van der Waals surface area contributed by atoms with E-state index in [-0.39, 0.29) is 11.9 Å². The first kappa shape index (κ1) is 13.6. The Morgan fingerprint density at radius 3 is 2.59 bits per heavy atom. The summed E-state index contributed by atoms with van der Waals surface area (Å²) in [5.41, 5.74) is 6.47. The Morgan fingerprint density at radius 2 is 1.82 bits per heavy atom. The molecule has 2 aliphatic rings. The molecule has 1 aliphatic carbocycles. The molecule has 0 aromatic heterocycles. The van der Waals surface area contributed by atoms with E-state index < -0.39 is 0 Å². The average molecular weight is 293 g/mol. The monoisotopic (exact) mass is 293 g/mol. The molecule has 0 amide bonds. The third kappa shape index (κ3) is 1.98. The number of nitrogens with one attached hydrogen (secondary N) is 1. The predicted molar refractivity (Wildman–Crippen MR) is 88.7 cm³/mol. The zero-order chi connectivity index (χ0) is 15.3. The van der Waals surface area contributed by atoms with Gasteiger partial charge in [0.05, 0.1) is 6.04 Å². The molecule has 1 N–H and O–H groups in total. The fraction of sp³-hybridized carbons (Fsp3) is 0.300. The van der Waals surface area contributed by atoms with E-state index in [0.717, 1.165) is 6.42 Å². The highest BCUT2D eigenvalue weighted by Crippen LogP contribution is 2.50. The first-order valence-electron chi connectivity index (χ1n) is 7.94. The summed E-state index contributed by atoms with van der Waals surface area (Å²) in [7, 11) is 0. The van der Waals surface area contributed by atoms with Gasteiger partial charge in [-0.2, -0.15) is 0 Å². The molecule has 0 saturated heterocycles. The summed E-state index contributed by atoms with van der Waals surface area (Å²) >= 11 is 0. The Bertz CT molecular complexity index is 745. The molecular weight excluding hydrogens is 273 g/mol. The molecule has 22 heavy (non-hydrogen) atoms. The van der Waals surface area contributed by atoms with Gasteiger partial charge in [0, 0.05) is 11.6 Å². The summed E-state index contributed by atoms with van der Waals surface area (Å²) < 4.78 is 13.2. The number of rotatable bonds is 1. The Balaban J connectivity index is 1.82. The minimum atomic E-state index is -0.173. The van der Waals surface area contributed by atoms with Crippen molar-refractivity contribution in [2.24, 2.45) is 5.92 Å². The molecule has 0 radical (unpaired) electrons. The summed E-state index contributed by atoms with van der Waals surface area (Å²) in [4.78, 5) is 0. The van der Waals surface area contributed by atoms with Gasteiger partial charge in [-0.15, -0.1) is 0 Å². The lowest BCUT2D eigenvalue weighted by atomic mass is 9.76. The van der Waals surface area contributed by atoms with Crippen LogP contribution in [0.15, 0.2) is 48.6 Å². The molecule has 0 unspecified atom stereocenters. The second-order valence-electron chi connectivity index (χ2n) is 6.50. The highest BCUT2D eigenvalue weighted by Gasteiger charge is 2.38. The molecule has 2 aromatic carbocycles. The van der Waals surface area contributed by atoms with Crippen LogP contribution in [-0.2, 0) is 0 Å². The predicted octanol–water partition coefficient (Wildman–Crippen LogP) is 5.27. The van der Waals surface area contributed by atoms with Crippen LogP contribution in [0.1, 0.15) is 40.6 Å². The summed E-state index contributed by atoms with van der Waals surface area (Å²) in [6.07, 6.45) is 5.71. The molecule has 2 aromatic rings. The summed E-state index contributed by atoms with van der Waals surface area (Å²) in [5.74, 6) is 0.804. The summed E-state index contributed by atoms with van der Waals surface area (Å²) in [6, 6.07) is 11.7. The van der Waals surface area contributed by atoms with Gasteiger partial charge in [-0.3, -0.25) is 0 Å². The van der Waals surface area contributed by atoms with Crippen molar-refractivity contribution in [2.45, 2.75) is 32.2 Å². The number of aryl methyl sites for hydroxylation is 1. The second kappa shape index (κ2) is 4.98. The molecule has 0 bridgehead atoms. The van der Waals surface area contributed by atoms with E-state index in [9.17, 15) is 4.39 Å². The van der Waals surface area contributed by atoms with Gasteiger partial charge in [-0.05, 0) is 60.6 Å². The number of fused-ring (bicyclic) bond motifs is 3. The smallest absolute Gasteiger partial charge is 0.123 e. The Labute approximate surface area is 130 Å². The van der Waals surface area contributed by atoms with Gasteiger partial charge < -0.3 is 5.32 Å². The third-order valence-corrected chi connectivity index (χ3v) is 5.30. The highest BCUT2D eigenvalue weighted by atomic mass is 19.1. The van der Waals surface area contributed by atoms with Crippen molar-refractivity contribution < 1.29 is 4.39 Å². The van der Waals surface area contributed by atoms with Crippen LogP contribution in [0.3, 0.4) is 0 Å². The first-order valence-corrected chi connectivity index (χ1v) is 7.94. The van der Waals surface area contributed by atoms with Crippen LogP contribution < -0.4 is 5.32 Å². The molecule has 1 heterocycles. The first-order chi connectivity index (χ1) is 10.6. The number of halogens is 1. The standard InChI is InChI=1S/C20H20FN/c1-12-6-11-18-16-4-3-5-17(16)20(22-19(18)13(12)2)14-7-9-15(21)10-8-14/h3-4,6-11,16-17,20,22H,5H2,1-2H3/t16-,17+,20-/m1/s1. The molecule has 0 spiro atoms. The molecular formula is C20H20FN. The lowest BCUT2D eigenvalue weighted by Crippen LogP contribution is -2.29. The Hall–Kier alpha value is -2.09. The lowest BCUT2D eigenvalue weighted by Gasteiger charge is -2.38. The van der Waals surface area contributed by atoms with Crippen LogP contribution in [0.25, 0.3) is 0 Å². The topological polar surface area (TPSA) is 12.0 Å². The zero-order valence-electron chi connectivity index (χ0n) is 12.9. The summed E-state index contributed by atoms with van der Waals surface area (Å²) in [6.45, 7) is 4.34. The van der Waals surface area contributed by atoms with E-state index in [1.807, 2.05) is 12.1 Å². The van der Waals surface area contributed by atoms with Crippen molar-refractivity contribution in [3.63, 3.8) is 0 Å². The van der Waals surface area contributed by atoms with Crippen molar-refractivity contribution in [2.75, 3.05) is 5.32 Å². The van der Waals surface area contributed by atoms with E-state index in [4.69, 9.17) is 0 Å². The van der Waals surface area contributed by atoms with Crippen LogP contribution >= 0.6 is 0 Å². The second-order valence-corrected chi connectivity index (χ2v) is 6.50. The fourth-order valence-corrected chi connectivity index (χ4v) is 3.92. The van der Waals surface area contributed by atoms with Crippen LogP contribution in [-0.4, -0.2) is 0 Å². The number of hydrogen-bond acceptors (Lipinski definition) is 1. The maximum atomic E-state index is 13.2. The molecule has 4 rings (SSSR count). The van der Waals surface area contributed by atoms with E-state index >= 15 is 0 Å². The normalized spacial score (nSPS) is 25.5. The van der Waals surface area contributed by atoms with Gasteiger partial charge in [0.1, 0.15) is 5.82 Å². The third-order valence-electron chi connectivity index (χ3n) is 5.30. The quantitative estimate of drug-likeness (QED) is 0.706. The van der Waals surface area contributed by atoms with Gasteiger partial charge in [0.2, 0.25) is 0 Å². The van der Waals surface area contributed by atoms with E-state index in [1.165, 1.54) is 27.9 Å². The van der Waals surface area contributed by atoms with Crippen LogP contribution in [0.4, 0.5) is 10.1 Å². The van der Waals surface area contributed by atoms with Crippen LogP contribution in [0.2, 0.25) is 0 Å². The average Bonchev–Trinajstić information content (AvgIpc) is 3.01. The van der Waals surface area contributed by atoms with Gasteiger partial charge >= 0.3 is 0 Å². The van der Waals surface area contributed by atoms with Gasteiger partial charge in [-0.1, -0.05) is 36.4 Å². The number of hydrogen-bond donors (Lipinski definition) is 1. The molecule has 3 atom stereocenters. The number of allylic oxidation sites excluding steroid dienone is 2. The van der Waals surface area contributed by atoms with E-state index in [2.05, 4.69) is 43.4 Å². The van der Waals surface area contributed by atoms with E-state index in [0.29, 0.717) is 11.8 Å². The molecule has 1 nitrogen and oxygen atoms in total. The zero-order valence-corrected chi connectivity index (χ0v) is 12.9. The van der Waals surface area contributed by atoms with Gasteiger partial charge in [0.25, 0.3) is 0 Å². The SMILES string of the molecule is Cc1ccc2c(c1C)N[C@H](c1ccc(F)cc1)[C@H]1CC=C[C@@H]21. The Morgan fingerprint density at radius 1 is 1.05 bits per heavy atom. The minimum absolute atomic E-state index is 0.173. The van der Waals surface area contributed by atoms with Crippen LogP contribution in [0, 0.1) is 25.6 Å². The van der Waals surface area contributed by atoms with Gasteiger partial charge in [0.15, 0.2) is 0 Å². The van der Waals surface area contributed by atoms with Crippen molar-refractivity contribution in [1.82, 2.24) is 0 Å². The molecule has 0 saturated carbocycles.